The number of hydroxylamine groups is 2. The summed E-state index contributed by atoms with van der Waals surface area (Å²) in [6.07, 6.45) is 9.99. The summed E-state index contributed by atoms with van der Waals surface area (Å²) in [5, 5.41) is 24.9. The zero-order chi connectivity index (χ0) is 45.6. The number of para-hydroxylation sites is 1. The monoisotopic (exact) mass is 887 g/mol. The van der Waals surface area contributed by atoms with E-state index in [4.69, 9.17) is 23.8 Å². The number of esters is 2. The van der Waals surface area contributed by atoms with E-state index >= 15 is 4.79 Å². The molecule has 2 aromatic carbocycles. The molecule has 1 saturated carbocycles. The number of carbonyl (C=O) groups is 4. The fourth-order valence-corrected chi connectivity index (χ4v) is 10.3. The fraction of sp³-hybridized carbons (Fsp3) is 0.640. The predicted molar refractivity (Wildman–Crippen MR) is 238 cm³/mol. The average Bonchev–Trinajstić information content (AvgIpc) is 3.99. The molecule has 4 saturated heterocycles. The van der Waals surface area contributed by atoms with Gasteiger partial charge in [0.1, 0.15) is 47.2 Å². The van der Waals surface area contributed by atoms with Gasteiger partial charge in [0.25, 0.3) is 0 Å². The Bertz CT molecular complexity index is 1970. The summed E-state index contributed by atoms with van der Waals surface area (Å²) in [5.41, 5.74) is 0.518. The van der Waals surface area contributed by atoms with Crippen molar-refractivity contribution in [1.82, 2.24) is 15.3 Å². The van der Waals surface area contributed by atoms with Crippen LogP contribution in [-0.2, 0) is 55.9 Å². The maximum absolute atomic E-state index is 15.6. The van der Waals surface area contributed by atoms with E-state index in [2.05, 4.69) is 19.2 Å². The van der Waals surface area contributed by atoms with Crippen molar-refractivity contribution in [3.05, 3.63) is 71.3 Å². The number of carbonyl (C=O) groups excluding carboxylic acids is 4. The molecule has 4 heterocycles. The third-order valence-electron chi connectivity index (χ3n) is 13.4. The number of unbranched alkanes of at least 4 members (excludes halogenated alkanes) is 4. The van der Waals surface area contributed by atoms with Crippen LogP contribution >= 0.6 is 0 Å². The van der Waals surface area contributed by atoms with Crippen molar-refractivity contribution in [2.45, 2.75) is 185 Å². The molecule has 5 aliphatic rings. The molecular formula is C50H69N3O11. The van der Waals surface area contributed by atoms with Gasteiger partial charge in [0.2, 0.25) is 11.8 Å². The molecule has 14 heteroatoms. The van der Waals surface area contributed by atoms with Crippen LogP contribution in [-0.4, -0.2) is 111 Å². The number of phenols is 1. The Kier molecular flexibility index (Phi) is 15.2. The number of ether oxygens (including phenoxy) is 4. The Hall–Kier alpha value is -4.34. The highest BCUT2D eigenvalue weighted by Crippen LogP contribution is 2.59. The highest BCUT2D eigenvalue weighted by molar-refractivity contribution is 5.96. The maximum Gasteiger partial charge on any atom is 0.327 e. The zero-order valence-electron chi connectivity index (χ0n) is 38.3. The number of benzene rings is 2. The summed E-state index contributed by atoms with van der Waals surface area (Å²) < 4.78 is 25.7. The van der Waals surface area contributed by atoms with Gasteiger partial charge in [-0.3, -0.25) is 24.0 Å². The first kappa shape index (κ1) is 47.6. The molecule has 1 aliphatic carbocycles. The number of fused-ring (bicyclic) bond motifs is 4. The summed E-state index contributed by atoms with van der Waals surface area (Å²) in [5.74, 6) is -2.46. The van der Waals surface area contributed by atoms with Crippen molar-refractivity contribution in [2.75, 3.05) is 13.2 Å². The van der Waals surface area contributed by atoms with Crippen LogP contribution in [0.5, 0.6) is 5.75 Å². The van der Waals surface area contributed by atoms with Gasteiger partial charge in [-0.1, -0.05) is 94.1 Å². The Balaban J connectivity index is 1.15. The molecule has 2 bridgehead atoms. The minimum atomic E-state index is -1.45. The van der Waals surface area contributed by atoms with Gasteiger partial charge >= 0.3 is 11.9 Å². The molecule has 0 aromatic heterocycles. The third-order valence-corrected chi connectivity index (χ3v) is 13.4. The first-order chi connectivity index (χ1) is 30.7. The Morgan fingerprint density at radius 3 is 2.36 bits per heavy atom. The van der Waals surface area contributed by atoms with E-state index in [0.29, 0.717) is 38.6 Å². The Labute approximate surface area is 377 Å². The highest BCUT2D eigenvalue weighted by Gasteiger charge is 2.77. The van der Waals surface area contributed by atoms with Crippen LogP contribution in [0.4, 0.5) is 0 Å². The predicted octanol–water partition coefficient (Wildman–Crippen LogP) is 6.68. The van der Waals surface area contributed by atoms with Crippen LogP contribution < -0.4 is 5.32 Å². The molecule has 3 N–H and O–H groups in total. The van der Waals surface area contributed by atoms with Crippen molar-refractivity contribution in [3.63, 3.8) is 0 Å². The number of aromatic hydroxyl groups is 1. The highest BCUT2D eigenvalue weighted by atomic mass is 16.8. The van der Waals surface area contributed by atoms with Crippen molar-refractivity contribution in [3.8, 4) is 5.75 Å². The molecule has 0 radical (unpaired) electrons. The van der Waals surface area contributed by atoms with E-state index in [0.717, 1.165) is 55.2 Å². The number of phenolic OH excluding ortho intramolecular Hbond substituents is 1. The Morgan fingerprint density at radius 1 is 0.984 bits per heavy atom. The number of aliphatic hydroxyl groups excluding tert-OH is 1. The van der Waals surface area contributed by atoms with Gasteiger partial charge in [0.05, 0.1) is 19.2 Å². The van der Waals surface area contributed by atoms with Crippen LogP contribution in [0.15, 0.2) is 54.6 Å². The largest absolute Gasteiger partial charge is 0.508 e. The molecule has 64 heavy (non-hydrogen) atoms. The standard InChI is InChI=1S/C50H69N3O11/c1-6-8-12-27-49(28-13-9-7-2)62-41-39-30-50(47(59)52-29-15-19-37(52)45(57)51-36(32-54)25-26-40(56)61-48(3,4)5)43(46(58)60-39)53(64-44(50)42(41)63-49)31-34-23-21-33(22-24-34)16-14-18-35-17-10-11-20-38(35)55/h10-11,14,16-17,20-24,36-37,39,41-44,54-55H,6-9,12-13,15,18-19,25-32H2,1-5H3,(H,51,57)/t36-,37+,39?,41-,42-,43-,44+,50?/m0/s1. The SMILES string of the molecule is CCCCCC1(CCCCC)O[C@@H]2[C@H]3ON(Cc4ccc(C=CCc5ccccc5O)cc4)[C@H]4C(=O)OC(CC34C(=O)N3CCC[C@@H]3C(=O)N[C@H](CO)CCC(=O)OC(C)(C)C)[C@@H]2O1. The molecule has 8 atom stereocenters. The van der Waals surface area contributed by atoms with E-state index in [1.54, 1.807) is 42.9 Å². The normalized spacial score (nSPS) is 27.7. The number of hydrogen-bond donors (Lipinski definition) is 3. The second-order valence-electron chi connectivity index (χ2n) is 19.4. The molecule has 2 unspecified atom stereocenters. The van der Waals surface area contributed by atoms with E-state index in [1.807, 2.05) is 48.6 Å². The summed E-state index contributed by atoms with van der Waals surface area (Å²) in [6, 6.07) is 12.4. The molecule has 350 valence electrons. The third kappa shape index (κ3) is 10.4. The number of hydrogen-bond acceptors (Lipinski definition) is 12. The molecular weight excluding hydrogens is 819 g/mol. The number of nitrogens with zero attached hydrogens (tertiary/aromatic N) is 2. The van der Waals surface area contributed by atoms with Gasteiger partial charge in [-0.2, -0.15) is 5.06 Å². The molecule has 2 amide bonds. The van der Waals surface area contributed by atoms with Crippen molar-refractivity contribution < 1.29 is 53.2 Å². The number of amides is 2. The number of allylic oxidation sites excluding steroid dienone is 1. The minimum Gasteiger partial charge on any atom is -0.508 e. The zero-order valence-corrected chi connectivity index (χ0v) is 38.3. The lowest BCUT2D eigenvalue weighted by Crippen LogP contribution is -2.70. The minimum absolute atomic E-state index is 0.00130. The second-order valence-corrected chi connectivity index (χ2v) is 19.4. The molecule has 4 aliphatic heterocycles. The van der Waals surface area contributed by atoms with Crippen molar-refractivity contribution >= 4 is 29.8 Å². The van der Waals surface area contributed by atoms with E-state index in [1.165, 1.54) is 0 Å². The van der Waals surface area contributed by atoms with Crippen molar-refractivity contribution in [2.24, 2.45) is 5.41 Å². The lowest BCUT2D eigenvalue weighted by atomic mass is 9.62. The molecule has 2 aromatic rings. The second kappa shape index (κ2) is 20.4. The molecule has 5 fully saturated rings. The number of likely N-dealkylation sites (tertiary alicyclic amines) is 1. The van der Waals surface area contributed by atoms with E-state index < -0.39 is 83.8 Å². The van der Waals surface area contributed by atoms with Gasteiger partial charge in [-0.15, -0.1) is 0 Å². The molecule has 14 nitrogen and oxygen atoms in total. The summed E-state index contributed by atoms with van der Waals surface area (Å²) in [7, 11) is 0. The Morgan fingerprint density at radius 2 is 1.69 bits per heavy atom. The summed E-state index contributed by atoms with van der Waals surface area (Å²) in [4.78, 5) is 65.1. The van der Waals surface area contributed by atoms with Gasteiger partial charge in [0, 0.05) is 32.2 Å². The molecule has 0 spiro atoms. The van der Waals surface area contributed by atoms with Crippen molar-refractivity contribution in [1.29, 1.82) is 0 Å². The van der Waals surface area contributed by atoms with Gasteiger partial charge < -0.3 is 39.4 Å². The summed E-state index contributed by atoms with van der Waals surface area (Å²) in [6.45, 7) is 9.72. The lowest BCUT2D eigenvalue weighted by molar-refractivity contribution is -0.225. The van der Waals surface area contributed by atoms with E-state index in [-0.39, 0.29) is 37.5 Å². The van der Waals surface area contributed by atoms with Crippen LogP contribution in [0.3, 0.4) is 0 Å². The summed E-state index contributed by atoms with van der Waals surface area (Å²) >= 11 is 0. The average molecular weight is 888 g/mol. The van der Waals surface area contributed by atoms with Gasteiger partial charge in [-0.05, 0) is 82.1 Å². The van der Waals surface area contributed by atoms with Gasteiger partial charge in [0.15, 0.2) is 11.8 Å². The number of nitrogens with one attached hydrogen (secondary N) is 1. The first-order valence-corrected chi connectivity index (χ1v) is 23.7. The maximum atomic E-state index is 15.6. The van der Waals surface area contributed by atoms with Gasteiger partial charge in [-0.25, -0.2) is 0 Å². The smallest absolute Gasteiger partial charge is 0.327 e. The van der Waals surface area contributed by atoms with E-state index in [9.17, 15) is 24.6 Å². The van der Waals surface area contributed by atoms with Crippen LogP contribution in [0.1, 0.15) is 135 Å². The van der Waals surface area contributed by atoms with Crippen LogP contribution in [0.25, 0.3) is 6.08 Å². The number of rotatable bonds is 20. The topological polar surface area (TPSA) is 173 Å². The number of aliphatic hydroxyl groups is 1. The molecule has 7 rings (SSSR count). The van der Waals surface area contributed by atoms with Crippen LogP contribution in [0.2, 0.25) is 0 Å². The fourth-order valence-electron chi connectivity index (χ4n) is 10.3. The quantitative estimate of drug-likeness (QED) is 0.0953. The van der Waals surface area contributed by atoms with Crippen LogP contribution in [0, 0.1) is 5.41 Å². The lowest BCUT2D eigenvalue weighted by Gasteiger charge is -2.50. The first-order valence-electron chi connectivity index (χ1n) is 23.7.